The number of halogens is 1. The van der Waals surface area contributed by atoms with Crippen LogP contribution in [0.4, 0.5) is 5.69 Å². The first kappa shape index (κ1) is 20.6. The molecule has 10 heteroatoms. The van der Waals surface area contributed by atoms with Gasteiger partial charge in [-0.2, -0.15) is 4.31 Å². The van der Waals surface area contributed by atoms with Crippen LogP contribution in [0.3, 0.4) is 0 Å². The molecule has 0 saturated carbocycles. The standard InChI is InChI=1S/C16H22ClN3O5S/c1-11(2)10-18-15(21)16(22)19-14-9-12(3-4-13(14)17)26(23,24)20-5-7-25-8-6-20/h3-4,9,11H,5-8,10H2,1-2H3,(H,18,21)(H,19,22). The molecule has 0 spiro atoms. The van der Waals surface area contributed by atoms with Crippen molar-refractivity contribution in [3.63, 3.8) is 0 Å². The fraction of sp³-hybridized carbons (Fsp3) is 0.500. The lowest BCUT2D eigenvalue weighted by Crippen LogP contribution is -2.40. The predicted molar refractivity (Wildman–Crippen MR) is 97.5 cm³/mol. The molecule has 26 heavy (non-hydrogen) atoms. The topological polar surface area (TPSA) is 105 Å². The van der Waals surface area contributed by atoms with E-state index >= 15 is 0 Å². The summed E-state index contributed by atoms with van der Waals surface area (Å²) in [6, 6.07) is 3.99. The molecular formula is C16H22ClN3O5S. The molecule has 0 aromatic heterocycles. The predicted octanol–water partition coefficient (Wildman–Crippen LogP) is 1.07. The van der Waals surface area contributed by atoms with Crippen LogP contribution in [-0.4, -0.2) is 57.4 Å². The van der Waals surface area contributed by atoms with Gasteiger partial charge in [0.1, 0.15) is 0 Å². The zero-order valence-corrected chi connectivity index (χ0v) is 16.2. The van der Waals surface area contributed by atoms with E-state index in [-0.39, 0.29) is 34.6 Å². The normalized spacial score (nSPS) is 15.7. The monoisotopic (exact) mass is 403 g/mol. The molecule has 1 aromatic carbocycles. The SMILES string of the molecule is CC(C)CNC(=O)C(=O)Nc1cc(S(=O)(=O)N2CCOCC2)ccc1Cl. The summed E-state index contributed by atoms with van der Waals surface area (Å²) in [5.41, 5.74) is 0.0608. The first-order valence-electron chi connectivity index (χ1n) is 8.18. The summed E-state index contributed by atoms with van der Waals surface area (Å²) < 4.78 is 31.8. The van der Waals surface area contributed by atoms with Crippen LogP contribution in [0.25, 0.3) is 0 Å². The number of carbonyl (C=O) groups excluding carboxylic acids is 2. The van der Waals surface area contributed by atoms with Gasteiger partial charge < -0.3 is 15.4 Å². The smallest absolute Gasteiger partial charge is 0.313 e. The summed E-state index contributed by atoms with van der Waals surface area (Å²) in [6.45, 7) is 5.31. The molecule has 1 aliphatic heterocycles. The summed E-state index contributed by atoms with van der Waals surface area (Å²) in [5.74, 6) is -1.53. The number of hydrogen-bond donors (Lipinski definition) is 2. The Kier molecular flexibility index (Phi) is 6.99. The van der Waals surface area contributed by atoms with E-state index in [1.165, 1.54) is 22.5 Å². The third-order valence-corrected chi connectivity index (χ3v) is 5.90. The van der Waals surface area contributed by atoms with E-state index in [2.05, 4.69) is 10.6 Å². The van der Waals surface area contributed by atoms with Crippen molar-refractivity contribution >= 4 is 39.1 Å². The van der Waals surface area contributed by atoms with Crippen LogP contribution >= 0.6 is 11.6 Å². The fourth-order valence-corrected chi connectivity index (χ4v) is 3.85. The molecule has 0 unspecified atom stereocenters. The van der Waals surface area contributed by atoms with Gasteiger partial charge in [-0.25, -0.2) is 8.42 Å². The van der Waals surface area contributed by atoms with Crippen LogP contribution in [0.1, 0.15) is 13.8 Å². The number of nitrogens with one attached hydrogen (secondary N) is 2. The Labute approximate surface area is 157 Å². The molecule has 8 nitrogen and oxygen atoms in total. The average Bonchev–Trinajstić information content (AvgIpc) is 2.61. The lowest BCUT2D eigenvalue weighted by atomic mass is 10.2. The van der Waals surface area contributed by atoms with Crippen molar-refractivity contribution in [1.29, 1.82) is 0 Å². The molecule has 2 rings (SSSR count). The summed E-state index contributed by atoms with van der Waals surface area (Å²) in [7, 11) is -3.74. The number of rotatable bonds is 5. The van der Waals surface area contributed by atoms with Gasteiger partial charge in [-0.3, -0.25) is 9.59 Å². The average molecular weight is 404 g/mol. The van der Waals surface area contributed by atoms with E-state index < -0.39 is 21.8 Å². The highest BCUT2D eigenvalue weighted by molar-refractivity contribution is 7.89. The largest absolute Gasteiger partial charge is 0.379 e. The minimum Gasteiger partial charge on any atom is -0.379 e. The van der Waals surface area contributed by atoms with E-state index in [0.717, 1.165) is 0 Å². The highest BCUT2D eigenvalue weighted by Gasteiger charge is 2.27. The van der Waals surface area contributed by atoms with Gasteiger partial charge in [0.15, 0.2) is 0 Å². The van der Waals surface area contributed by atoms with Crippen LogP contribution in [0.2, 0.25) is 5.02 Å². The molecule has 0 radical (unpaired) electrons. The number of anilines is 1. The minimum atomic E-state index is -3.74. The summed E-state index contributed by atoms with van der Waals surface area (Å²) >= 11 is 6.03. The van der Waals surface area contributed by atoms with Gasteiger partial charge in [0.05, 0.1) is 28.8 Å². The third kappa shape index (κ3) is 5.16. The van der Waals surface area contributed by atoms with Gasteiger partial charge in [-0.15, -0.1) is 0 Å². The molecule has 144 valence electrons. The first-order chi connectivity index (χ1) is 12.2. The van der Waals surface area contributed by atoms with Crippen LogP contribution in [0, 0.1) is 5.92 Å². The highest BCUT2D eigenvalue weighted by Crippen LogP contribution is 2.27. The molecule has 1 aromatic rings. The second kappa shape index (κ2) is 8.81. The maximum atomic E-state index is 12.7. The quantitative estimate of drug-likeness (QED) is 0.715. The van der Waals surface area contributed by atoms with Gasteiger partial charge >= 0.3 is 11.8 Å². The van der Waals surface area contributed by atoms with Crippen molar-refractivity contribution in [3.8, 4) is 0 Å². The van der Waals surface area contributed by atoms with Crippen molar-refractivity contribution in [1.82, 2.24) is 9.62 Å². The maximum Gasteiger partial charge on any atom is 0.313 e. The Morgan fingerprint density at radius 1 is 1.23 bits per heavy atom. The number of morpholine rings is 1. The van der Waals surface area contributed by atoms with Gasteiger partial charge in [0.2, 0.25) is 10.0 Å². The van der Waals surface area contributed by atoms with Gasteiger partial charge in [-0.1, -0.05) is 25.4 Å². The van der Waals surface area contributed by atoms with Crippen molar-refractivity contribution in [3.05, 3.63) is 23.2 Å². The van der Waals surface area contributed by atoms with E-state index in [0.29, 0.717) is 19.8 Å². The van der Waals surface area contributed by atoms with Gasteiger partial charge in [-0.05, 0) is 24.1 Å². The number of hydrogen-bond acceptors (Lipinski definition) is 5. The van der Waals surface area contributed by atoms with E-state index in [9.17, 15) is 18.0 Å². The van der Waals surface area contributed by atoms with Crippen molar-refractivity contribution in [2.45, 2.75) is 18.7 Å². The van der Waals surface area contributed by atoms with E-state index in [1.807, 2.05) is 13.8 Å². The molecule has 1 heterocycles. The fourth-order valence-electron chi connectivity index (χ4n) is 2.25. The third-order valence-electron chi connectivity index (χ3n) is 3.67. The number of carbonyl (C=O) groups is 2. The Morgan fingerprint density at radius 3 is 2.50 bits per heavy atom. The second-order valence-corrected chi connectivity index (χ2v) is 8.56. The molecule has 0 bridgehead atoms. The lowest BCUT2D eigenvalue weighted by molar-refractivity contribution is -0.136. The number of nitrogens with zero attached hydrogens (tertiary/aromatic N) is 1. The number of ether oxygens (including phenoxy) is 1. The molecule has 1 saturated heterocycles. The summed E-state index contributed by atoms with van der Waals surface area (Å²) in [4.78, 5) is 23.8. The molecule has 2 amide bonds. The van der Waals surface area contributed by atoms with Crippen molar-refractivity contribution in [2.75, 3.05) is 38.2 Å². The molecule has 0 aliphatic carbocycles. The van der Waals surface area contributed by atoms with Gasteiger partial charge in [0.25, 0.3) is 0 Å². The van der Waals surface area contributed by atoms with E-state index in [4.69, 9.17) is 16.3 Å². The Hall–Kier alpha value is -1.68. The van der Waals surface area contributed by atoms with Crippen LogP contribution in [-0.2, 0) is 24.3 Å². The zero-order valence-electron chi connectivity index (χ0n) is 14.6. The number of benzene rings is 1. The molecule has 0 atom stereocenters. The van der Waals surface area contributed by atoms with E-state index in [1.54, 1.807) is 0 Å². The molecule has 1 aliphatic rings. The summed E-state index contributed by atoms with van der Waals surface area (Å²) in [6.07, 6.45) is 0. The van der Waals surface area contributed by atoms with Crippen LogP contribution in [0.5, 0.6) is 0 Å². The molecule has 1 fully saturated rings. The Morgan fingerprint density at radius 2 is 1.88 bits per heavy atom. The molecule has 2 N–H and O–H groups in total. The molecular weight excluding hydrogens is 382 g/mol. The second-order valence-electron chi connectivity index (χ2n) is 6.22. The lowest BCUT2D eigenvalue weighted by Gasteiger charge is -2.26. The zero-order chi connectivity index (χ0) is 19.3. The number of amides is 2. The maximum absolute atomic E-state index is 12.7. The summed E-state index contributed by atoms with van der Waals surface area (Å²) in [5, 5.41) is 4.98. The van der Waals surface area contributed by atoms with Crippen molar-refractivity contribution < 1.29 is 22.7 Å². The van der Waals surface area contributed by atoms with Gasteiger partial charge in [0, 0.05) is 19.6 Å². The Balaban J connectivity index is 2.16. The minimum absolute atomic E-state index is 0.0123. The number of sulfonamides is 1. The van der Waals surface area contributed by atoms with Crippen LogP contribution in [0.15, 0.2) is 23.1 Å². The van der Waals surface area contributed by atoms with Crippen LogP contribution < -0.4 is 10.6 Å². The Bertz CT molecular complexity index is 776. The highest BCUT2D eigenvalue weighted by atomic mass is 35.5. The first-order valence-corrected chi connectivity index (χ1v) is 10.00. The van der Waals surface area contributed by atoms with Crippen molar-refractivity contribution in [2.24, 2.45) is 5.92 Å².